The highest BCUT2D eigenvalue weighted by Crippen LogP contribution is 2.30. The van der Waals surface area contributed by atoms with Gasteiger partial charge < -0.3 is 21.3 Å². The van der Waals surface area contributed by atoms with Crippen LogP contribution >= 0.6 is 0 Å². The van der Waals surface area contributed by atoms with E-state index in [0.717, 1.165) is 5.69 Å². The lowest BCUT2D eigenvalue weighted by Crippen LogP contribution is -2.72. The Balaban J connectivity index is 1.51. The summed E-state index contributed by atoms with van der Waals surface area (Å²) in [5.74, 6) is -3.33. The summed E-state index contributed by atoms with van der Waals surface area (Å²) >= 11 is 0. The number of nitro benzene ring substituents is 1. The lowest BCUT2D eigenvalue weighted by Gasteiger charge is -2.43. The van der Waals surface area contributed by atoms with Crippen LogP contribution in [-0.2, 0) is 14.4 Å². The molecule has 160 valence electrons. The Hall–Kier alpha value is -3.99. The van der Waals surface area contributed by atoms with Gasteiger partial charge in [0.15, 0.2) is 6.29 Å². The number of benzene rings is 2. The normalized spacial score (nSPS) is 24.9. The van der Waals surface area contributed by atoms with Crippen molar-refractivity contribution in [3.8, 4) is 0 Å². The van der Waals surface area contributed by atoms with Crippen LogP contribution in [0, 0.1) is 22.0 Å². The van der Waals surface area contributed by atoms with E-state index in [9.17, 15) is 24.5 Å². The Morgan fingerprint density at radius 1 is 1.03 bits per heavy atom. The molecule has 0 radical (unpaired) electrons. The molecule has 0 saturated carbocycles. The Labute approximate surface area is 176 Å². The van der Waals surface area contributed by atoms with E-state index in [-0.39, 0.29) is 17.8 Å². The quantitative estimate of drug-likeness (QED) is 0.350. The Kier molecular flexibility index (Phi) is 5.50. The van der Waals surface area contributed by atoms with E-state index in [1.54, 1.807) is 6.07 Å². The van der Waals surface area contributed by atoms with E-state index in [4.69, 9.17) is 0 Å². The average Bonchev–Trinajstić information content (AvgIpc) is 2.73. The molecule has 31 heavy (non-hydrogen) atoms. The highest BCUT2D eigenvalue weighted by atomic mass is 16.6. The predicted octanol–water partition coefficient (Wildman–Crippen LogP) is 0.727. The molecule has 0 aliphatic carbocycles. The molecule has 11 nitrogen and oxygen atoms in total. The molecular weight excluding hydrogens is 404 g/mol. The van der Waals surface area contributed by atoms with Gasteiger partial charge in [-0.2, -0.15) is 0 Å². The summed E-state index contributed by atoms with van der Waals surface area (Å²) in [6, 6.07) is 14.9. The summed E-state index contributed by atoms with van der Waals surface area (Å²) in [6.45, 7) is 0. The molecule has 4 unspecified atom stereocenters. The number of rotatable bonds is 5. The number of nitrogens with one attached hydrogen (secondary N) is 5. The van der Waals surface area contributed by atoms with Crippen molar-refractivity contribution in [2.24, 2.45) is 11.8 Å². The number of fused-ring (bicyclic) bond motifs is 1. The predicted molar refractivity (Wildman–Crippen MR) is 110 cm³/mol. The number of carbonyl (C=O) groups is 3. The van der Waals surface area contributed by atoms with Gasteiger partial charge in [-0.05, 0) is 18.2 Å². The van der Waals surface area contributed by atoms with Crippen molar-refractivity contribution >= 4 is 34.8 Å². The Morgan fingerprint density at radius 2 is 1.74 bits per heavy atom. The van der Waals surface area contributed by atoms with Crippen molar-refractivity contribution < 1.29 is 19.3 Å². The molecule has 2 aliphatic heterocycles. The van der Waals surface area contributed by atoms with Gasteiger partial charge in [-0.1, -0.05) is 30.3 Å². The van der Waals surface area contributed by atoms with E-state index in [2.05, 4.69) is 26.6 Å². The first-order chi connectivity index (χ1) is 14.9. The van der Waals surface area contributed by atoms with Crippen molar-refractivity contribution in [3.63, 3.8) is 0 Å². The van der Waals surface area contributed by atoms with Gasteiger partial charge in [-0.3, -0.25) is 29.8 Å². The topological polar surface area (TPSA) is 154 Å². The highest BCUT2D eigenvalue weighted by Gasteiger charge is 2.48. The van der Waals surface area contributed by atoms with Gasteiger partial charge in [0.1, 0.15) is 5.69 Å². The largest absolute Gasteiger partial charge is 0.353 e. The van der Waals surface area contributed by atoms with Gasteiger partial charge >= 0.3 is 0 Å². The molecule has 11 heteroatoms. The molecule has 4 atom stereocenters. The summed E-state index contributed by atoms with van der Waals surface area (Å²) in [5, 5.41) is 25.3. The SMILES string of the molecule is O=C1CC(C(=O)Nc2ccccc2[N+](=O)[O-])C2C(=O)NC(Nc3ccccc3)NC2N1. The summed E-state index contributed by atoms with van der Waals surface area (Å²) < 4.78 is 0. The lowest BCUT2D eigenvalue weighted by molar-refractivity contribution is -0.383. The summed E-state index contributed by atoms with van der Waals surface area (Å²) in [7, 11) is 0. The first-order valence-corrected chi connectivity index (χ1v) is 9.64. The van der Waals surface area contributed by atoms with E-state index in [1.807, 2.05) is 30.3 Å². The number of anilines is 2. The van der Waals surface area contributed by atoms with E-state index >= 15 is 0 Å². The van der Waals surface area contributed by atoms with E-state index in [0.29, 0.717) is 0 Å². The molecule has 0 aromatic heterocycles. The fourth-order valence-corrected chi connectivity index (χ4v) is 3.82. The third-order valence-corrected chi connectivity index (χ3v) is 5.23. The number of nitrogens with zero attached hydrogens (tertiary/aromatic N) is 1. The molecule has 2 fully saturated rings. The molecule has 0 bridgehead atoms. The molecule has 2 aliphatic rings. The Bertz CT molecular complexity index is 1030. The summed E-state index contributed by atoms with van der Waals surface area (Å²) in [4.78, 5) is 48.6. The standard InChI is InChI=1S/C20H20N6O5/c27-15-10-12(18(28)22-13-8-4-5-9-14(13)26(30)31)16-17(23-15)24-20(25-19(16)29)21-11-6-2-1-3-7-11/h1-9,12,16-17,20-21,24H,10H2,(H,22,28)(H,23,27)(H,25,29). The van der Waals surface area contributed by atoms with Gasteiger partial charge in [0, 0.05) is 18.2 Å². The second-order valence-corrected chi connectivity index (χ2v) is 7.26. The van der Waals surface area contributed by atoms with Crippen LogP contribution < -0.4 is 26.6 Å². The van der Waals surface area contributed by atoms with Crippen LogP contribution in [-0.4, -0.2) is 35.1 Å². The number of carbonyl (C=O) groups excluding carboxylic acids is 3. The molecule has 2 saturated heterocycles. The van der Waals surface area contributed by atoms with Gasteiger partial charge in [-0.15, -0.1) is 0 Å². The third-order valence-electron chi connectivity index (χ3n) is 5.23. The number of hydrogen-bond donors (Lipinski definition) is 5. The number of amides is 3. The summed E-state index contributed by atoms with van der Waals surface area (Å²) in [5.41, 5.74) is 0.491. The smallest absolute Gasteiger partial charge is 0.292 e. The number of hydrogen-bond acceptors (Lipinski definition) is 7. The van der Waals surface area contributed by atoms with Crippen molar-refractivity contribution in [1.82, 2.24) is 16.0 Å². The number of nitro groups is 1. The second-order valence-electron chi connectivity index (χ2n) is 7.26. The first kappa shape index (κ1) is 20.3. The molecule has 2 aromatic rings. The maximum atomic E-state index is 12.9. The number of para-hydroxylation sites is 3. The zero-order valence-corrected chi connectivity index (χ0v) is 16.2. The van der Waals surface area contributed by atoms with Crippen LogP contribution in [0.3, 0.4) is 0 Å². The van der Waals surface area contributed by atoms with Crippen molar-refractivity contribution in [2.75, 3.05) is 10.6 Å². The molecule has 0 spiro atoms. The van der Waals surface area contributed by atoms with Gasteiger partial charge in [0.2, 0.25) is 17.7 Å². The molecule has 5 N–H and O–H groups in total. The van der Waals surface area contributed by atoms with Gasteiger partial charge in [0.25, 0.3) is 5.69 Å². The zero-order chi connectivity index (χ0) is 22.0. The molecule has 3 amide bonds. The van der Waals surface area contributed by atoms with E-state index in [1.165, 1.54) is 18.2 Å². The zero-order valence-electron chi connectivity index (χ0n) is 16.2. The van der Waals surface area contributed by atoms with Crippen molar-refractivity contribution in [1.29, 1.82) is 0 Å². The minimum absolute atomic E-state index is 0.00725. The third kappa shape index (κ3) is 4.31. The maximum absolute atomic E-state index is 12.9. The molecule has 2 heterocycles. The van der Waals surface area contributed by atoms with Gasteiger partial charge in [-0.25, -0.2) is 0 Å². The first-order valence-electron chi connectivity index (χ1n) is 9.64. The summed E-state index contributed by atoms with van der Waals surface area (Å²) in [6.07, 6.45) is -1.65. The lowest BCUT2D eigenvalue weighted by atomic mass is 9.81. The van der Waals surface area contributed by atoms with Crippen LogP contribution in [0.15, 0.2) is 54.6 Å². The van der Waals surface area contributed by atoms with Crippen molar-refractivity contribution in [3.05, 3.63) is 64.7 Å². The second kappa shape index (κ2) is 8.40. The number of piperidine rings is 1. The fourth-order valence-electron chi connectivity index (χ4n) is 3.82. The molecule has 4 rings (SSSR count). The van der Waals surface area contributed by atoms with Crippen LogP contribution in [0.4, 0.5) is 17.1 Å². The molecular formula is C20H20N6O5. The van der Waals surface area contributed by atoms with Crippen molar-refractivity contribution in [2.45, 2.75) is 18.9 Å². The maximum Gasteiger partial charge on any atom is 0.292 e. The van der Waals surface area contributed by atoms with Gasteiger partial charge in [0.05, 0.1) is 22.9 Å². The fraction of sp³-hybridized carbons (Fsp3) is 0.250. The molecule has 2 aromatic carbocycles. The van der Waals surface area contributed by atoms with E-state index < -0.39 is 46.9 Å². The van der Waals surface area contributed by atoms with Crippen LogP contribution in [0.25, 0.3) is 0 Å². The Morgan fingerprint density at radius 3 is 2.48 bits per heavy atom. The van der Waals surface area contributed by atoms with Crippen LogP contribution in [0.2, 0.25) is 0 Å². The van der Waals surface area contributed by atoms with Crippen LogP contribution in [0.1, 0.15) is 6.42 Å². The van der Waals surface area contributed by atoms with Crippen LogP contribution in [0.5, 0.6) is 0 Å². The average molecular weight is 424 g/mol. The minimum Gasteiger partial charge on any atom is -0.353 e. The highest BCUT2D eigenvalue weighted by molar-refractivity contribution is 6.01. The minimum atomic E-state index is -0.997. The monoisotopic (exact) mass is 424 g/mol.